The smallest absolute Gasteiger partial charge is 0.145 e. The molecular weight excluding hydrogens is 254 g/mol. The largest absolute Gasteiger partial charge is 0.489 e. The van der Waals surface area contributed by atoms with Crippen molar-refractivity contribution in [2.45, 2.75) is 26.8 Å². The number of hydrogen-bond donors (Lipinski definition) is 1. The van der Waals surface area contributed by atoms with Crippen LogP contribution in [0.1, 0.15) is 19.4 Å². The predicted octanol–water partition coefficient (Wildman–Crippen LogP) is 3.59. The maximum Gasteiger partial charge on any atom is 0.145 e. The van der Waals surface area contributed by atoms with Gasteiger partial charge in [0.05, 0.1) is 11.7 Å². The highest BCUT2D eigenvalue weighted by atomic mass is 79.9. The van der Waals surface area contributed by atoms with Gasteiger partial charge in [0.15, 0.2) is 0 Å². The van der Waals surface area contributed by atoms with Crippen molar-refractivity contribution in [2.24, 2.45) is 5.92 Å². The van der Waals surface area contributed by atoms with Crippen molar-refractivity contribution in [3.8, 4) is 5.75 Å². The Bertz CT molecular complexity index is 376. The average molecular weight is 270 g/mol. The topological polar surface area (TPSA) is 21.3 Å². The Hall–Kier alpha value is -0.700. The van der Waals surface area contributed by atoms with Crippen LogP contribution in [-0.2, 0) is 0 Å². The van der Waals surface area contributed by atoms with Gasteiger partial charge in [-0.3, -0.25) is 0 Å². The molecule has 0 radical (unpaired) electrons. The van der Waals surface area contributed by atoms with E-state index in [9.17, 15) is 0 Å². The first-order chi connectivity index (χ1) is 7.08. The number of benzene rings is 1. The Labute approximate surface area is 99.1 Å². The molecule has 0 aromatic heterocycles. The Morgan fingerprint density at radius 2 is 2.20 bits per heavy atom. The molecule has 1 aromatic rings. The highest BCUT2D eigenvalue weighted by molar-refractivity contribution is 9.10. The molecule has 1 N–H and O–H groups in total. The quantitative estimate of drug-likeness (QED) is 0.842. The first kappa shape index (κ1) is 10.8. The second kappa shape index (κ2) is 4.05. The van der Waals surface area contributed by atoms with Crippen molar-refractivity contribution in [1.29, 1.82) is 0 Å². The van der Waals surface area contributed by atoms with Crippen LogP contribution in [0.5, 0.6) is 5.75 Å². The Morgan fingerprint density at radius 3 is 2.87 bits per heavy atom. The molecule has 3 heteroatoms. The molecule has 1 heterocycles. The number of halogens is 1. The summed E-state index contributed by atoms with van der Waals surface area (Å²) in [4.78, 5) is 0. The molecule has 1 aliphatic heterocycles. The molecule has 0 aliphatic carbocycles. The van der Waals surface area contributed by atoms with E-state index >= 15 is 0 Å². The fourth-order valence-electron chi connectivity index (χ4n) is 1.80. The van der Waals surface area contributed by atoms with Crippen LogP contribution in [0.25, 0.3) is 0 Å². The van der Waals surface area contributed by atoms with Gasteiger partial charge < -0.3 is 10.1 Å². The summed E-state index contributed by atoms with van der Waals surface area (Å²) < 4.78 is 6.90. The van der Waals surface area contributed by atoms with E-state index in [2.05, 4.69) is 54.2 Å². The third kappa shape index (κ3) is 2.12. The highest BCUT2D eigenvalue weighted by Crippen LogP contribution is 2.36. The summed E-state index contributed by atoms with van der Waals surface area (Å²) in [5.41, 5.74) is 2.28. The summed E-state index contributed by atoms with van der Waals surface area (Å²) in [5.74, 6) is 1.58. The lowest BCUT2D eigenvalue weighted by Crippen LogP contribution is -2.35. The second-order valence-electron chi connectivity index (χ2n) is 4.41. The number of hydrogen-bond acceptors (Lipinski definition) is 2. The summed E-state index contributed by atoms with van der Waals surface area (Å²) >= 11 is 3.50. The standard InChI is InChI=1S/C12H16BrNO/c1-7(2)11-6-15-12-8(3)4-9(13)5-10(12)14-11/h4-5,7,11,14H,6H2,1-3H3. The maximum atomic E-state index is 5.80. The normalized spacial score (nSPS) is 19.4. The third-order valence-corrected chi connectivity index (χ3v) is 3.25. The number of aryl methyl sites for hydroxylation is 1. The van der Waals surface area contributed by atoms with Gasteiger partial charge in [-0.05, 0) is 30.5 Å². The molecule has 1 aliphatic rings. The van der Waals surface area contributed by atoms with Gasteiger partial charge >= 0.3 is 0 Å². The van der Waals surface area contributed by atoms with Gasteiger partial charge in [0.25, 0.3) is 0 Å². The van der Waals surface area contributed by atoms with Crippen LogP contribution in [0.4, 0.5) is 5.69 Å². The number of fused-ring (bicyclic) bond motifs is 1. The van der Waals surface area contributed by atoms with E-state index in [0.29, 0.717) is 12.0 Å². The van der Waals surface area contributed by atoms with Crippen molar-refractivity contribution in [1.82, 2.24) is 0 Å². The zero-order chi connectivity index (χ0) is 11.0. The summed E-state index contributed by atoms with van der Waals surface area (Å²) in [5, 5.41) is 3.52. The fourth-order valence-corrected chi connectivity index (χ4v) is 2.37. The van der Waals surface area contributed by atoms with Crippen LogP contribution in [0, 0.1) is 12.8 Å². The molecule has 0 saturated carbocycles. The SMILES string of the molecule is Cc1cc(Br)cc2c1OCC(C(C)C)N2. The zero-order valence-electron chi connectivity index (χ0n) is 9.30. The van der Waals surface area contributed by atoms with Crippen LogP contribution < -0.4 is 10.1 Å². The van der Waals surface area contributed by atoms with Gasteiger partial charge in [0.2, 0.25) is 0 Å². The van der Waals surface area contributed by atoms with Crippen molar-refractivity contribution < 1.29 is 4.74 Å². The van der Waals surface area contributed by atoms with Gasteiger partial charge in [-0.2, -0.15) is 0 Å². The van der Waals surface area contributed by atoms with Crippen LogP contribution >= 0.6 is 15.9 Å². The molecule has 0 spiro atoms. The first-order valence-electron chi connectivity index (χ1n) is 5.27. The summed E-state index contributed by atoms with van der Waals surface area (Å²) in [6, 6.07) is 4.57. The van der Waals surface area contributed by atoms with Gasteiger partial charge in [-0.1, -0.05) is 29.8 Å². The highest BCUT2D eigenvalue weighted by Gasteiger charge is 2.22. The molecule has 0 saturated heterocycles. The van der Waals surface area contributed by atoms with E-state index < -0.39 is 0 Å². The minimum atomic E-state index is 0.409. The molecule has 2 rings (SSSR count). The lowest BCUT2D eigenvalue weighted by atomic mass is 10.0. The molecule has 1 unspecified atom stereocenters. The summed E-state index contributed by atoms with van der Waals surface area (Å²) in [6.45, 7) is 7.24. The molecule has 15 heavy (non-hydrogen) atoms. The van der Waals surface area contributed by atoms with E-state index in [1.165, 1.54) is 5.56 Å². The van der Waals surface area contributed by atoms with Crippen molar-refractivity contribution in [3.05, 3.63) is 22.2 Å². The molecule has 2 nitrogen and oxygen atoms in total. The van der Waals surface area contributed by atoms with Crippen LogP contribution in [0.3, 0.4) is 0 Å². The summed E-state index contributed by atoms with van der Waals surface area (Å²) in [6.07, 6.45) is 0. The van der Waals surface area contributed by atoms with Crippen molar-refractivity contribution >= 4 is 21.6 Å². The average Bonchev–Trinajstić information content (AvgIpc) is 2.16. The molecule has 82 valence electrons. The van der Waals surface area contributed by atoms with E-state index in [1.54, 1.807) is 0 Å². The van der Waals surface area contributed by atoms with Crippen molar-refractivity contribution in [2.75, 3.05) is 11.9 Å². The Morgan fingerprint density at radius 1 is 1.47 bits per heavy atom. The molecule has 0 fully saturated rings. The first-order valence-corrected chi connectivity index (χ1v) is 6.06. The van der Waals surface area contributed by atoms with Crippen LogP contribution in [-0.4, -0.2) is 12.6 Å². The van der Waals surface area contributed by atoms with Gasteiger partial charge in [-0.25, -0.2) is 0 Å². The number of ether oxygens (including phenoxy) is 1. The number of nitrogens with one attached hydrogen (secondary N) is 1. The number of rotatable bonds is 1. The third-order valence-electron chi connectivity index (χ3n) is 2.79. The van der Waals surface area contributed by atoms with E-state index in [0.717, 1.165) is 22.5 Å². The lowest BCUT2D eigenvalue weighted by molar-refractivity contribution is 0.256. The minimum Gasteiger partial charge on any atom is -0.489 e. The molecular formula is C12H16BrNO. The fraction of sp³-hybridized carbons (Fsp3) is 0.500. The lowest BCUT2D eigenvalue weighted by Gasteiger charge is -2.31. The van der Waals surface area contributed by atoms with Gasteiger partial charge in [0.1, 0.15) is 12.4 Å². The molecule has 1 atom stereocenters. The summed E-state index contributed by atoms with van der Waals surface area (Å²) in [7, 11) is 0. The Kier molecular flexibility index (Phi) is 2.91. The van der Waals surface area contributed by atoms with Gasteiger partial charge in [-0.15, -0.1) is 0 Å². The van der Waals surface area contributed by atoms with E-state index in [1.807, 2.05) is 0 Å². The molecule has 0 bridgehead atoms. The molecule has 0 amide bonds. The second-order valence-corrected chi connectivity index (χ2v) is 5.32. The number of anilines is 1. The van der Waals surface area contributed by atoms with Crippen LogP contribution in [0.15, 0.2) is 16.6 Å². The monoisotopic (exact) mass is 269 g/mol. The molecule has 1 aromatic carbocycles. The van der Waals surface area contributed by atoms with Crippen molar-refractivity contribution in [3.63, 3.8) is 0 Å². The zero-order valence-corrected chi connectivity index (χ0v) is 10.9. The minimum absolute atomic E-state index is 0.409. The predicted molar refractivity (Wildman–Crippen MR) is 66.6 cm³/mol. The van der Waals surface area contributed by atoms with E-state index in [4.69, 9.17) is 4.74 Å². The Balaban J connectivity index is 2.33. The van der Waals surface area contributed by atoms with Crippen LogP contribution in [0.2, 0.25) is 0 Å². The van der Waals surface area contributed by atoms with Gasteiger partial charge in [0, 0.05) is 4.47 Å². The maximum absolute atomic E-state index is 5.80. The van der Waals surface area contributed by atoms with E-state index in [-0.39, 0.29) is 0 Å².